The summed E-state index contributed by atoms with van der Waals surface area (Å²) in [5.41, 5.74) is 2.13. The molecule has 2 rings (SSSR count). The van der Waals surface area contributed by atoms with Gasteiger partial charge >= 0.3 is 18.9 Å². The van der Waals surface area contributed by atoms with Crippen LogP contribution in [0.25, 0.3) is 10.9 Å². The predicted molar refractivity (Wildman–Crippen MR) is 51.9 cm³/mol. The minimum absolute atomic E-state index is 0. The Bertz CT molecular complexity index is 442. The predicted octanol–water partition coefficient (Wildman–Crippen LogP) is -0.644. The number of aryl methyl sites for hydroxylation is 1. The number of methoxy groups -OCH3 is 1. The van der Waals surface area contributed by atoms with Gasteiger partial charge in [-0.15, -0.1) is 10.9 Å². The summed E-state index contributed by atoms with van der Waals surface area (Å²) in [6.45, 7) is 2.04. The van der Waals surface area contributed by atoms with Crippen molar-refractivity contribution in [2.24, 2.45) is 0 Å². The summed E-state index contributed by atoms with van der Waals surface area (Å²) in [7, 11) is 1.67. The number of ether oxygens (including phenoxy) is 1. The van der Waals surface area contributed by atoms with Crippen molar-refractivity contribution < 1.29 is 23.6 Å². The number of nitrogens with zero attached hydrogens (tertiary/aromatic N) is 1. The molecule has 1 aromatic heterocycles. The Balaban J connectivity index is 0.000000980. The van der Waals surface area contributed by atoms with Crippen LogP contribution in [-0.4, -0.2) is 12.1 Å². The van der Waals surface area contributed by atoms with Gasteiger partial charge in [0.05, 0.1) is 7.11 Å². The molecule has 14 heavy (non-hydrogen) atoms. The van der Waals surface area contributed by atoms with Gasteiger partial charge in [-0.25, -0.2) is 0 Å². The SMILES string of the molecule is COc1ccc2n[c-]cc(C)c2c1.[Li+]. The number of aromatic nitrogens is 1. The van der Waals surface area contributed by atoms with Gasteiger partial charge in [0.15, 0.2) is 0 Å². The molecule has 0 saturated carbocycles. The van der Waals surface area contributed by atoms with E-state index in [4.69, 9.17) is 4.74 Å². The normalized spacial score (nSPS) is 9.57. The van der Waals surface area contributed by atoms with E-state index in [1.165, 1.54) is 5.56 Å². The third-order valence-corrected chi connectivity index (χ3v) is 2.09. The second-order valence-electron chi connectivity index (χ2n) is 2.95. The standard InChI is InChI=1S/C11H10NO.Li/c1-8-5-6-12-11-4-3-9(13-2)7-10(8)11;/h3-5,7H,1-2H3;/q-1;+1. The number of rotatable bonds is 1. The van der Waals surface area contributed by atoms with Gasteiger partial charge in [0.2, 0.25) is 0 Å². The average molecular weight is 179 g/mol. The Morgan fingerprint density at radius 3 is 2.86 bits per heavy atom. The van der Waals surface area contributed by atoms with Crippen molar-refractivity contribution in [1.82, 2.24) is 4.98 Å². The van der Waals surface area contributed by atoms with Gasteiger partial charge in [-0.2, -0.15) is 6.07 Å². The summed E-state index contributed by atoms with van der Waals surface area (Å²) in [4.78, 5) is 4.14. The first-order valence-corrected chi connectivity index (χ1v) is 4.12. The van der Waals surface area contributed by atoms with Crippen molar-refractivity contribution in [3.05, 3.63) is 36.0 Å². The first-order valence-electron chi connectivity index (χ1n) is 4.12. The molecule has 1 heterocycles. The van der Waals surface area contributed by atoms with Crippen molar-refractivity contribution in [2.45, 2.75) is 6.92 Å². The van der Waals surface area contributed by atoms with Crippen LogP contribution in [0.15, 0.2) is 24.3 Å². The summed E-state index contributed by atoms with van der Waals surface area (Å²) in [6, 6.07) is 7.72. The van der Waals surface area contributed by atoms with Gasteiger partial charge in [0, 0.05) is 0 Å². The molecule has 0 aliphatic heterocycles. The Morgan fingerprint density at radius 1 is 1.36 bits per heavy atom. The monoisotopic (exact) mass is 179 g/mol. The van der Waals surface area contributed by atoms with Crippen molar-refractivity contribution in [3.63, 3.8) is 0 Å². The van der Waals surface area contributed by atoms with Crippen LogP contribution in [0.2, 0.25) is 0 Å². The molecule has 0 aliphatic rings. The molecule has 0 radical (unpaired) electrons. The second kappa shape index (κ2) is 4.50. The molecule has 1 aromatic carbocycles. The third-order valence-electron chi connectivity index (χ3n) is 2.09. The van der Waals surface area contributed by atoms with Gasteiger partial charge in [-0.3, -0.25) is 0 Å². The molecule has 2 nitrogen and oxygen atoms in total. The Morgan fingerprint density at radius 2 is 2.14 bits per heavy atom. The summed E-state index contributed by atoms with van der Waals surface area (Å²) in [5, 5.41) is 1.12. The number of pyridine rings is 1. The number of benzene rings is 1. The van der Waals surface area contributed by atoms with Crippen LogP contribution in [0.1, 0.15) is 5.56 Å². The molecule has 0 bridgehead atoms. The zero-order chi connectivity index (χ0) is 9.26. The zero-order valence-electron chi connectivity index (χ0n) is 8.66. The molecule has 3 heteroatoms. The van der Waals surface area contributed by atoms with Crippen LogP contribution in [0, 0.1) is 13.1 Å². The first-order chi connectivity index (χ1) is 6.31. The molecule has 0 fully saturated rings. The summed E-state index contributed by atoms with van der Waals surface area (Å²) in [6.07, 6.45) is 2.85. The molecule has 0 amide bonds. The summed E-state index contributed by atoms with van der Waals surface area (Å²) < 4.78 is 5.14. The second-order valence-corrected chi connectivity index (χ2v) is 2.95. The maximum absolute atomic E-state index is 5.14. The molecule has 0 unspecified atom stereocenters. The van der Waals surface area contributed by atoms with E-state index in [1.807, 2.05) is 31.2 Å². The molecular formula is C11H10LiNO. The summed E-state index contributed by atoms with van der Waals surface area (Å²) >= 11 is 0. The van der Waals surface area contributed by atoms with Crippen LogP contribution in [0.3, 0.4) is 0 Å². The van der Waals surface area contributed by atoms with Crippen LogP contribution in [0.5, 0.6) is 5.75 Å². The van der Waals surface area contributed by atoms with Gasteiger partial charge in [-0.05, 0) is 17.6 Å². The van der Waals surface area contributed by atoms with Crippen LogP contribution in [0.4, 0.5) is 0 Å². The van der Waals surface area contributed by atoms with Crippen molar-refractivity contribution in [2.75, 3.05) is 7.11 Å². The van der Waals surface area contributed by atoms with E-state index in [0.29, 0.717) is 0 Å². The zero-order valence-corrected chi connectivity index (χ0v) is 8.66. The molecule has 0 spiro atoms. The third kappa shape index (κ3) is 1.92. The molecule has 66 valence electrons. The number of hydrogen-bond donors (Lipinski definition) is 0. The van der Waals surface area contributed by atoms with E-state index in [0.717, 1.165) is 16.7 Å². The van der Waals surface area contributed by atoms with Gasteiger partial charge in [0.1, 0.15) is 5.75 Å². The fourth-order valence-corrected chi connectivity index (χ4v) is 1.33. The molecule has 0 saturated heterocycles. The fourth-order valence-electron chi connectivity index (χ4n) is 1.33. The smallest absolute Gasteiger partial charge is 0.497 e. The minimum Gasteiger partial charge on any atom is -0.497 e. The van der Waals surface area contributed by atoms with Crippen molar-refractivity contribution in [1.29, 1.82) is 0 Å². The largest absolute Gasteiger partial charge is 1.00 e. The Hall–Kier alpha value is -0.973. The minimum atomic E-state index is 0. The van der Waals surface area contributed by atoms with E-state index in [-0.39, 0.29) is 18.9 Å². The van der Waals surface area contributed by atoms with Gasteiger partial charge in [-0.1, -0.05) is 19.2 Å². The maximum Gasteiger partial charge on any atom is 1.00 e. The van der Waals surface area contributed by atoms with E-state index in [1.54, 1.807) is 7.11 Å². The first kappa shape index (κ1) is 11.1. The quantitative estimate of drug-likeness (QED) is 0.429. The van der Waals surface area contributed by atoms with E-state index in [9.17, 15) is 0 Å². The summed E-state index contributed by atoms with van der Waals surface area (Å²) in [5.74, 6) is 0.864. The molecule has 0 atom stereocenters. The van der Waals surface area contributed by atoms with Crippen molar-refractivity contribution >= 4 is 10.9 Å². The number of fused-ring (bicyclic) bond motifs is 1. The topological polar surface area (TPSA) is 22.1 Å². The van der Waals surface area contributed by atoms with Gasteiger partial charge < -0.3 is 9.72 Å². The van der Waals surface area contributed by atoms with Crippen molar-refractivity contribution in [3.8, 4) is 5.75 Å². The van der Waals surface area contributed by atoms with Crippen LogP contribution < -0.4 is 23.6 Å². The molecule has 0 aliphatic carbocycles. The maximum atomic E-state index is 5.14. The number of hydrogen-bond acceptors (Lipinski definition) is 2. The fraction of sp³-hybridized carbons (Fsp3) is 0.182. The van der Waals surface area contributed by atoms with Gasteiger partial charge in [0.25, 0.3) is 0 Å². The average Bonchev–Trinajstić information content (AvgIpc) is 2.18. The van der Waals surface area contributed by atoms with Crippen LogP contribution in [-0.2, 0) is 0 Å². The van der Waals surface area contributed by atoms with E-state index in [2.05, 4.69) is 11.2 Å². The Labute approximate surface area is 95.5 Å². The van der Waals surface area contributed by atoms with E-state index >= 15 is 0 Å². The molecule has 2 aromatic rings. The Kier molecular flexibility index (Phi) is 3.57. The van der Waals surface area contributed by atoms with E-state index < -0.39 is 0 Å². The van der Waals surface area contributed by atoms with Crippen LogP contribution >= 0.6 is 0 Å². The molecular weight excluding hydrogens is 169 g/mol. The molecule has 0 N–H and O–H groups in total.